The second-order valence-corrected chi connectivity index (χ2v) is 6.76. The first-order valence-corrected chi connectivity index (χ1v) is 8.33. The van der Waals surface area contributed by atoms with Crippen molar-refractivity contribution >= 4 is 10.0 Å². The number of nitrogens with two attached hydrogens (primary N) is 1. The fourth-order valence-electron chi connectivity index (χ4n) is 2.57. The Morgan fingerprint density at radius 2 is 2.21 bits per heavy atom. The molecule has 2 heterocycles. The van der Waals surface area contributed by atoms with Crippen molar-refractivity contribution in [2.24, 2.45) is 5.14 Å². The molecule has 7 nitrogen and oxygen atoms in total. The van der Waals surface area contributed by atoms with E-state index in [-0.39, 0.29) is 5.75 Å². The van der Waals surface area contributed by atoms with Gasteiger partial charge in [0.2, 0.25) is 10.0 Å². The van der Waals surface area contributed by atoms with Gasteiger partial charge in [-0.2, -0.15) is 5.10 Å². The standard InChI is InChI=1S/C11H21N5O2S/c12-19(17,18)7-3-6-15-5-2-1-4-11(15)8-16-10-13-9-14-16/h9-11H,1-8H2,(H2,12,17,18)/t11-/m1/s1. The van der Waals surface area contributed by atoms with Crippen LogP contribution in [0, 0.1) is 0 Å². The summed E-state index contributed by atoms with van der Waals surface area (Å²) in [5, 5.41) is 9.15. The van der Waals surface area contributed by atoms with E-state index >= 15 is 0 Å². The van der Waals surface area contributed by atoms with Gasteiger partial charge in [-0.1, -0.05) is 6.42 Å². The van der Waals surface area contributed by atoms with Crippen LogP contribution in [-0.4, -0.2) is 53.0 Å². The van der Waals surface area contributed by atoms with E-state index in [2.05, 4.69) is 15.0 Å². The van der Waals surface area contributed by atoms with E-state index < -0.39 is 10.0 Å². The molecule has 0 amide bonds. The van der Waals surface area contributed by atoms with E-state index in [1.807, 2.05) is 4.68 Å². The molecule has 1 aliphatic heterocycles. The third kappa shape index (κ3) is 4.88. The minimum Gasteiger partial charge on any atom is -0.299 e. The Morgan fingerprint density at radius 3 is 2.89 bits per heavy atom. The van der Waals surface area contributed by atoms with Crippen LogP contribution in [0.15, 0.2) is 12.7 Å². The van der Waals surface area contributed by atoms with Gasteiger partial charge in [0.25, 0.3) is 0 Å². The Kier molecular flexibility index (Phi) is 4.89. The molecule has 0 radical (unpaired) electrons. The highest BCUT2D eigenvalue weighted by Crippen LogP contribution is 2.18. The number of nitrogens with zero attached hydrogens (tertiary/aromatic N) is 4. The monoisotopic (exact) mass is 287 g/mol. The van der Waals surface area contributed by atoms with Gasteiger partial charge in [-0.05, 0) is 32.4 Å². The van der Waals surface area contributed by atoms with Gasteiger partial charge in [0.1, 0.15) is 12.7 Å². The molecular formula is C11H21N5O2S. The Balaban J connectivity index is 1.85. The highest BCUT2D eigenvalue weighted by molar-refractivity contribution is 7.89. The predicted molar refractivity (Wildman–Crippen MR) is 71.8 cm³/mol. The Bertz CT molecular complexity index is 473. The van der Waals surface area contributed by atoms with E-state index in [0.29, 0.717) is 12.5 Å². The summed E-state index contributed by atoms with van der Waals surface area (Å²) >= 11 is 0. The van der Waals surface area contributed by atoms with Crippen molar-refractivity contribution in [3.8, 4) is 0 Å². The van der Waals surface area contributed by atoms with Crippen LogP contribution < -0.4 is 5.14 Å². The van der Waals surface area contributed by atoms with Crippen molar-refractivity contribution in [2.75, 3.05) is 18.8 Å². The van der Waals surface area contributed by atoms with Crippen molar-refractivity contribution in [1.82, 2.24) is 19.7 Å². The minimum absolute atomic E-state index is 0.0551. The highest BCUT2D eigenvalue weighted by Gasteiger charge is 2.22. The maximum atomic E-state index is 10.9. The zero-order valence-electron chi connectivity index (χ0n) is 11.0. The Hall–Kier alpha value is -0.990. The van der Waals surface area contributed by atoms with Crippen LogP contribution in [0.5, 0.6) is 0 Å². The van der Waals surface area contributed by atoms with Gasteiger partial charge in [0.05, 0.1) is 12.3 Å². The van der Waals surface area contributed by atoms with Gasteiger partial charge in [0.15, 0.2) is 0 Å². The van der Waals surface area contributed by atoms with Gasteiger partial charge >= 0.3 is 0 Å². The number of piperidine rings is 1. The number of hydrogen-bond donors (Lipinski definition) is 1. The number of primary sulfonamides is 1. The molecule has 1 saturated heterocycles. The molecule has 1 atom stereocenters. The van der Waals surface area contributed by atoms with E-state index in [1.165, 1.54) is 19.2 Å². The van der Waals surface area contributed by atoms with E-state index in [4.69, 9.17) is 5.14 Å². The van der Waals surface area contributed by atoms with E-state index in [0.717, 1.165) is 26.1 Å². The quantitative estimate of drug-likeness (QED) is 0.782. The number of rotatable bonds is 6. The zero-order chi connectivity index (χ0) is 13.7. The van der Waals surface area contributed by atoms with E-state index in [1.54, 1.807) is 6.33 Å². The maximum Gasteiger partial charge on any atom is 0.209 e. The van der Waals surface area contributed by atoms with Crippen molar-refractivity contribution in [3.63, 3.8) is 0 Å². The van der Waals surface area contributed by atoms with Crippen LogP contribution in [0.25, 0.3) is 0 Å². The van der Waals surface area contributed by atoms with Crippen molar-refractivity contribution in [2.45, 2.75) is 38.3 Å². The summed E-state index contributed by atoms with van der Waals surface area (Å²) in [5.41, 5.74) is 0. The molecule has 2 N–H and O–H groups in total. The summed E-state index contributed by atoms with van der Waals surface area (Å²) in [4.78, 5) is 6.29. The van der Waals surface area contributed by atoms with Crippen LogP contribution in [-0.2, 0) is 16.6 Å². The average molecular weight is 287 g/mol. The second kappa shape index (κ2) is 6.44. The molecule has 19 heavy (non-hydrogen) atoms. The lowest BCUT2D eigenvalue weighted by atomic mass is 10.0. The van der Waals surface area contributed by atoms with Crippen LogP contribution in [0.2, 0.25) is 0 Å². The van der Waals surface area contributed by atoms with Gasteiger partial charge < -0.3 is 0 Å². The first kappa shape index (κ1) is 14.4. The molecule has 0 unspecified atom stereocenters. The molecule has 1 aliphatic rings. The lowest BCUT2D eigenvalue weighted by Crippen LogP contribution is -2.43. The number of hydrogen-bond acceptors (Lipinski definition) is 5. The van der Waals surface area contributed by atoms with Gasteiger partial charge in [-0.15, -0.1) is 0 Å². The molecule has 2 rings (SSSR count). The molecule has 1 aromatic heterocycles. The Morgan fingerprint density at radius 1 is 1.37 bits per heavy atom. The van der Waals surface area contributed by atoms with Gasteiger partial charge in [-0.25, -0.2) is 18.5 Å². The fraction of sp³-hybridized carbons (Fsp3) is 0.818. The van der Waals surface area contributed by atoms with Crippen LogP contribution in [0.4, 0.5) is 0 Å². The van der Waals surface area contributed by atoms with Gasteiger partial charge in [-0.3, -0.25) is 9.58 Å². The van der Waals surface area contributed by atoms with Crippen LogP contribution in [0.3, 0.4) is 0 Å². The summed E-state index contributed by atoms with van der Waals surface area (Å²) < 4.78 is 23.7. The Labute approximate surface area is 113 Å². The first-order chi connectivity index (χ1) is 9.04. The molecule has 0 spiro atoms. The van der Waals surface area contributed by atoms with Crippen molar-refractivity contribution in [1.29, 1.82) is 0 Å². The number of sulfonamides is 1. The largest absolute Gasteiger partial charge is 0.299 e. The summed E-state index contributed by atoms with van der Waals surface area (Å²) in [6.07, 6.45) is 7.35. The molecule has 0 saturated carbocycles. The normalized spacial score (nSPS) is 21.6. The molecule has 1 aromatic rings. The van der Waals surface area contributed by atoms with Crippen LogP contribution >= 0.6 is 0 Å². The third-order valence-corrected chi connectivity index (χ3v) is 4.35. The summed E-state index contributed by atoms with van der Waals surface area (Å²) in [5.74, 6) is 0.0551. The molecule has 108 valence electrons. The lowest BCUT2D eigenvalue weighted by molar-refractivity contribution is 0.130. The lowest BCUT2D eigenvalue weighted by Gasteiger charge is -2.35. The summed E-state index contributed by atoms with van der Waals surface area (Å²) in [6.45, 7) is 2.61. The number of likely N-dealkylation sites (tertiary alicyclic amines) is 1. The topological polar surface area (TPSA) is 94.1 Å². The molecular weight excluding hydrogens is 266 g/mol. The molecule has 8 heteroatoms. The fourth-order valence-corrected chi connectivity index (χ4v) is 3.10. The van der Waals surface area contributed by atoms with Crippen LogP contribution in [0.1, 0.15) is 25.7 Å². The predicted octanol–water partition coefficient (Wildman–Crippen LogP) is -0.189. The molecule has 0 aromatic carbocycles. The second-order valence-electron chi connectivity index (χ2n) is 5.02. The van der Waals surface area contributed by atoms with Crippen molar-refractivity contribution < 1.29 is 8.42 Å². The maximum absolute atomic E-state index is 10.9. The summed E-state index contributed by atoms with van der Waals surface area (Å²) in [7, 11) is -3.35. The molecule has 0 aliphatic carbocycles. The SMILES string of the molecule is NS(=O)(=O)CCCN1CCCC[C@@H]1Cn1cncn1. The number of aromatic nitrogens is 3. The first-order valence-electron chi connectivity index (χ1n) is 6.61. The minimum atomic E-state index is -3.35. The van der Waals surface area contributed by atoms with Crippen molar-refractivity contribution in [3.05, 3.63) is 12.7 Å². The smallest absolute Gasteiger partial charge is 0.209 e. The summed E-state index contributed by atoms with van der Waals surface area (Å²) in [6, 6.07) is 0.413. The van der Waals surface area contributed by atoms with Gasteiger partial charge in [0, 0.05) is 6.04 Å². The molecule has 1 fully saturated rings. The average Bonchev–Trinajstić information content (AvgIpc) is 2.82. The highest BCUT2D eigenvalue weighted by atomic mass is 32.2. The zero-order valence-corrected chi connectivity index (χ0v) is 11.8. The third-order valence-electron chi connectivity index (χ3n) is 3.49. The molecule has 0 bridgehead atoms. The van der Waals surface area contributed by atoms with E-state index in [9.17, 15) is 8.42 Å².